The first kappa shape index (κ1) is 18.0. The van der Waals surface area contributed by atoms with E-state index in [1.54, 1.807) is 0 Å². The second kappa shape index (κ2) is 9.10. The SMILES string of the molecule is Cc1ccccc1.O=C(Cl)C1CCC(c2ccc(Cl)cc2)CC1. The lowest BCUT2D eigenvalue weighted by Gasteiger charge is -2.26. The maximum atomic E-state index is 11.0. The molecule has 1 aliphatic carbocycles. The summed E-state index contributed by atoms with van der Waals surface area (Å²) in [7, 11) is 0. The molecule has 1 fully saturated rings. The smallest absolute Gasteiger partial charge is 0.224 e. The highest BCUT2D eigenvalue weighted by atomic mass is 35.5. The van der Waals surface area contributed by atoms with E-state index in [1.807, 2.05) is 30.3 Å². The van der Waals surface area contributed by atoms with Gasteiger partial charge in [0.15, 0.2) is 0 Å². The fraction of sp³-hybridized carbons (Fsp3) is 0.350. The molecule has 0 aliphatic heterocycles. The summed E-state index contributed by atoms with van der Waals surface area (Å²) in [6, 6.07) is 18.3. The van der Waals surface area contributed by atoms with E-state index in [0.717, 1.165) is 30.7 Å². The van der Waals surface area contributed by atoms with Crippen molar-refractivity contribution in [2.24, 2.45) is 5.92 Å². The van der Waals surface area contributed by atoms with Gasteiger partial charge >= 0.3 is 0 Å². The highest BCUT2D eigenvalue weighted by molar-refractivity contribution is 6.63. The first-order valence-electron chi connectivity index (χ1n) is 8.02. The lowest BCUT2D eigenvalue weighted by Crippen LogP contribution is -2.17. The van der Waals surface area contributed by atoms with Gasteiger partial charge in [0.25, 0.3) is 0 Å². The molecule has 0 saturated heterocycles. The standard InChI is InChI=1S/C13H14Cl2O.C7H8/c14-12-7-5-10(6-8-12)9-1-3-11(4-2-9)13(15)16;1-7-5-3-2-4-6-7/h5-9,11H,1-4H2;2-6H,1H3. The first-order chi connectivity index (χ1) is 11.1. The molecule has 23 heavy (non-hydrogen) atoms. The van der Waals surface area contributed by atoms with Crippen molar-refractivity contribution in [1.82, 2.24) is 0 Å². The van der Waals surface area contributed by atoms with Gasteiger partial charge in [-0.25, -0.2) is 0 Å². The molecule has 1 nitrogen and oxygen atoms in total. The van der Waals surface area contributed by atoms with Crippen molar-refractivity contribution in [3.8, 4) is 0 Å². The van der Waals surface area contributed by atoms with Crippen LogP contribution in [0, 0.1) is 12.8 Å². The molecular weight excluding hydrogens is 327 g/mol. The Morgan fingerprint density at radius 3 is 1.91 bits per heavy atom. The van der Waals surface area contributed by atoms with Gasteiger partial charge in [-0.15, -0.1) is 0 Å². The minimum atomic E-state index is -0.172. The minimum absolute atomic E-state index is 0.0743. The van der Waals surface area contributed by atoms with E-state index in [1.165, 1.54) is 11.1 Å². The third-order valence-electron chi connectivity index (χ3n) is 4.33. The molecule has 0 aromatic heterocycles. The molecule has 3 heteroatoms. The number of carbonyl (C=O) groups is 1. The predicted molar refractivity (Wildman–Crippen MR) is 98.2 cm³/mol. The van der Waals surface area contributed by atoms with Gasteiger partial charge in [0.05, 0.1) is 0 Å². The van der Waals surface area contributed by atoms with E-state index in [0.29, 0.717) is 5.92 Å². The predicted octanol–water partition coefficient (Wildman–Crippen LogP) is 6.37. The van der Waals surface area contributed by atoms with Crippen molar-refractivity contribution in [1.29, 1.82) is 0 Å². The van der Waals surface area contributed by atoms with Gasteiger partial charge in [-0.3, -0.25) is 4.79 Å². The Kier molecular flexibility index (Phi) is 7.14. The number of carbonyl (C=O) groups excluding carboxylic acids is 1. The molecule has 0 radical (unpaired) electrons. The zero-order valence-electron chi connectivity index (χ0n) is 13.3. The molecule has 0 bridgehead atoms. The molecule has 0 unspecified atom stereocenters. The number of benzene rings is 2. The highest BCUT2D eigenvalue weighted by Crippen LogP contribution is 2.36. The van der Waals surface area contributed by atoms with Crippen LogP contribution >= 0.6 is 23.2 Å². The van der Waals surface area contributed by atoms with Crippen LogP contribution in [0.4, 0.5) is 0 Å². The molecule has 0 amide bonds. The van der Waals surface area contributed by atoms with Gasteiger partial charge in [0.2, 0.25) is 5.24 Å². The topological polar surface area (TPSA) is 17.1 Å². The van der Waals surface area contributed by atoms with E-state index in [9.17, 15) is 4.79 Å². The van der Waals surface area contributed by atoms with E-state index >= 15 is 0 Å². The Hall–Kier alpha value is -1.31. The Morgan fingerprint density at radius 1 is 0.913 bits per heavy atom. The van der Waals surface area contributed by atoms with Gasteiger partial charge in [-0.2, -0.15) is 0 Å². The van der Waals surface area contributed by atoms with Crippen LogP contribution in [-0.2, 0) is 4.79 Å². The molecule has 0 atom stereocenters. The molecule has 2 aromatic rings. The fourth-order valence-corrected chi connectivity index (χ4v) is 3.27. The molecule has 122 valence electrons. The first-order valence-corrected chi connectivity index (χ1v) is 8.78. The summed E-state index contributed by atoms with van der Waals surface area (Å²) in [5.41, 5.74) is 2.65. The van der Waals surface area contributed by atoms with Crippen molar-refractivity contribution in [2.75, 3.05) is 0 Å². The van der Waals surface area contributed by atoms with Crippen molar-refractivity contribution < 1.29 is 4.79 Å². The largest absolute Gasteiger partial charge is 0.281 e. The van der Waals surface area contributed by atoms with Crippen LogP contribution in [0.15, 0.2) is 54.6 Å². The quantitative estimate of drug-likeness (QED) is 0.575. The Bertz CT molecular complexity index is 599. The Labute approximate surface area is 148 Å². The second-order valence-corrected chi connectivity index (χ2v) is 6.87. The highest BCUT2D eigenvalue weighted by Gasteiger charge is 2.25. The van der Waals surface area contributed by atoms with Gasteiger partial charge < -0.3 is 0 Å². The van der Waals surface area contributed by atoms with E-state index in [2.05, 4.69) is 31.2 Å². The molecular formula is C20H22Cl2O. The Balaban J connectivity index is 0.000000229. The van der Waals surface area contributed by atoms with E-state index in [4.69, 9.17) is 23.2 Å². The van der Waals surface area contributed by atoms with Crippen LogP contribution in [0.3, 0.4) is 0 Å². The van der Waals surface area contributed by atoms with Crippen LogP contribution in [-0.4, -0.2) is 5.24 Å². The van der Waals surface area contributed by atoms with Crippen molar-refractivity contribution in [3.05, 3.63) is 70.7 Å². The third-order valence-corrected chi connectivity index (χ3v) is 4.89. The minimum Gasteiger partial charge on any atom is -0.281 e. The summed E-state index contributed by atoms with van der Waals surface area (Å²) in [6.45, 7) is 2.08. The second-order valence-electron chi connectivity index (χ2n) is 6.06. The zero-order valence-corrected chi connectivity index (χ0v) is 14.9. The molecule has 1 saturated carbocycles. The van der Waals surface area contributed by atoms with Gasteiger partial charge in [0, 0.05) is 10.9 Å². The zero-order chi connectivity index (χ0) is 16.7. The Morgan fingerprint density at radius 2 is 1.48 bits per heavy atom. The van der Waals surface area contributed by atoms with Gasteiger partial charge in [0.1, 0.15) is 0 Å². The molecule has 3 rings (SSSR count). The van der Waals surface area contributed by atoms with Crippen molar-refractivity contribution in [3.63, 3.8) is 0 Å². The summed E-state index contributed by atoms with van der Waals surface area (Å²) in [6.07, 6.45) is 3.92. The average molecular weight is 349 g/mol. The summed E-state index contributed by atoms with van der Waals surface area (Å²) < 4.78 is 0. The van der Waals surface area contributed by atoms with Crippen molar-refractivity contribution >= 4 is 28.4 Å². The molecule has 0 N–H and O–H groups in total. The number of halogens is 2. The van der Waals surface area contributed by atoms with E-state index < -0.39 is 0 Å². The van der Waals surface area contributed by atoms with Crippen LogP contribution in [0.1, 0.15) is 42.7 Å². The molecule has 2 aromatic carbocycles. The monoisotopic (exact) mass is 348 g/mol. The normalized spacial score (nSPS) is 20.3. The van der Waals surface area contributed by atoms with Crippen LogP contribution in [0.2, 0.25) is 5.02 Å². The lowest BCUT2D eigenvalue weighted by atomic mass is 9.79. The molecule has 1 aliphatic rings. The summed E-state index contributed by atoms with van der Waals surface area (Å²) >= 11 is 11.4. The van der Waals surface area contributed by atoms with Crippen LogP contribution < -0.4 is 0 Å². The number of hydrogen-bond acceptors (Lipinski definition) is 1. The van der Waals surface area contributed by atoms with E-state index in [-0.39, 0.29) is 11.2 Å². The third kappa shape index (κ3) is 6.01. The summed E-state index contributed by atoms with van der Waals surface area (Å²) in [5.74, 6) is 0.634. The average Bonchev–Trinajstić information content (AvgIpc) is 2.57. The van der Waals surface area contributed by atoms with Crippen LogP contribution in [0.25, 0.3) is 0 Å². The number of rotatable bonds is 2. The summed E-state index contributed by atoms with van der Waals surface area (Å²) in [5, 5.41) is 0.600. The molecule has 0 spiro atoms. The maximum Gasteiger partial charge on any atom is 0.224 e. The molecule has 0 heterocycles. The fourth-order valence-electron chi connectivity index (χ4n) is 2.92. The van der Waals surface area contributed by atoms with Gasteiger partial charge in [-0.05, 0) is 67.8 Å². The maximum absolute atomic E-state index is 11.0. The summed E-state index contributed by atoms with van der Waals surface area (Å²) in [4.78, 5) is 11.0. The van der Waals surface area contributed by atoms with Crippen molar-refractivity contribution in [2.45, 2.75) is 38.5 Å². The number of aryl methyl sites for hydroxylation is 1. The van der Waals surface area contributed by atoms with Gasteiger partial charge in [-0.1, -0.05) is 59.6 Å². The lowest BCUT2D eigenvalue weighted by molar-refractivity contribution is -0.116. The number of hydrogen-bond donors (Lipinski definition) is 0. The van der Waals surface area contributed by atoms with Crippen LogP contribution in [0.5, 0.6) is 0 Å².